The Kier molecular flexibility index (Phi) is 7.08. The Hall–Kier alpha value is -3.45. The lowest BCUT2D eigenvalue weighted by atomic mass is 10.0. The van der Waals surface area contributed by atoms with Crippen molar-refractivity contribution in [2.24, 2.45) is 0 Å². The molecular formula is C22H25F3N4O6. The molecule has 13 heteroatoms. The normalized spacial score (nSPS) is 17.5. The molecule has 0 aliphatic carbocycles. The molecule has 0 atom stereocenters. The highest BCUT2D eigenvalue weighted by Crippen LogP contribution is 2.31. The molecular weight excluding hydrogens is 473 g/mol. The summed E-state index contributed by atoms with van der Waals surface area (Å²) in [5, 5.41) is 19.2. The van der Waals surface area contributed by atoms with Crippen molar-refractivity contribution in [2.45, 2.75) is 12.7 Å². The van der Waals surface area contributed by atoms with Gasteiger partial charge in [-0.1, -0.05) is 0 Å². The number of alkyl halides is 3. The molecule has 2 aromatic rings. The van der Waals surface area contributed by atoms with Gasteiger partial charge in [0.25, 0.3) is 5.91 Å². The van der Waals surface area contributed by atoms with E-state index in [4.69, 9.17) is 9.57 Å². The topological polar surface area (TPSA) is 108 Å². The largest absolute Gasteiger partial charge is 0.492 e. The van der Waals surface area contributed by atoms with Crippen LogP contribution in [0.1, 0.15) is 21.5 Å². The lowest BCUT2D eigenvalue weighted by Gasteiger charge is -2.34. The van der Waals surface area contributed by atoms with Crippen molar-refractivity contribution in [1.82, 2.24) is 19.4 Å². The van der Waals surface area contributed by atoms with Crippen molar-refractivity contribution < 1.29 is 42.5 Å². The third-order valence-electron chi connectivity index (χ3n) is 5.95. The number of aromatic hydroxyl groups is 2. The van der Waals surface area contributed by atoms with E-state index in [9.17, 15) is 33.0 Å². The number of carbonyl (C=O) groups excluding carboxylic acids is 2. The number of ether oxygens (including phenoxy) is 1. The van der Waals surface area contributed by atoms with Gasteiger partial charge in [0.05, 0.1) is 18.8 Å². The van der Waals surface area contributed by atoms with Crippen molar-refractivity contribution in [1.29, 1.82) is 0 Å². The summed E-state index contributed by atoms with van der Waals surface area (Å²) in [5.74, 6) is -1.24. The molecule has 2 fully saturated rings. The fraction of sp³-hybridized carbons (Fsp3) is 0.455. The number of hydrogen-bond donors (Lipinski definition) is 2. The molecule has 1 aromatic carbocycles. The second-order valence-corrected chi connectivity index (χ2v) is 8.24. The second-order valence-electron chi connectivity index (χ2n) is 8.24. The van der Waals surface area contributed by atoms with E-state index in [0.29, 0.717) is 44.1 Å². The highest BCUT2D eigenvalue weighted by Gasteiger charge is 2.33. The summed E-state index contributed by atoms with van der Waals surface area (Å²) in [6, 6.07) is 5.46. The Balaban J connectivity index is 1.44. The second kappa shape index (κ2) is 10.0. The number of morpholine rings is 1. The zero-order chi connectivity index (χ0) is 25.2. The average molecular weight is 498 g/mol. The van der Waals surface area contributed by atoms with Crippen LogP contribution in [0.25, 0.3) is 0 Å². The zero-order valence-corrected chi connectivity index (χ0v) is 18.7. The summed E-state index contributed by atoms with van der Waals surface area (Å²) in [5.41, 5.74) is -0.366. The summed E-state index contributed by atoms with van der Waals surface area (Å²) in [7, 11) is 0. The van der Waals surface area contributed by atoms with Crippen LogP contribution in [-0.4, -0.2) is 94.1 Å². The fourth-order valence-electron chi connectivity index (χ4n) is 4.01. The first-order valence-electron chi connectivity index (χ1n) is 11.0. The van der Waals surface area contributed by atoms with Crippen molar-refractivity contribution in [3.8, 4) is 11.8 Å². The number of carbonyl (C=O) groups is 2. The molecule has 0 saturated carbocycles. The third-order valence-corrected chi connectivity index (χ3v) is 5.95. The molecule has 2 saturated heterocycles. The molecule has 0 bridgehead atoms. The smallest absolute Gasteiger partial charge is 0.434 e. The molecule has 3 heterocycles. The molecule has 4 rings (SSSR count). The summed E-state index contributed by atoms with van der Waals surface area (Å²) in [4.78, 5) is 35.1. The Morgan fingerprint density at radius 1 is 0.914 bits per heavy atom. The monoisotopic (exact) mass is 498 g/mol. The van der Waals surface area contributed by atoms with E-state index < -0.39 is 29.6 Å². The quantitative estimate of drug-likeness (QED) is 0.662. The van der Waals surface area contributed by atoms with Gasteiger partial charge in [-0.15, -0.1) is 4.73 Å². The van der Waals surface area contributed by atoms with Gasteiger partial charge < -0.3 is 29.6 Å². The Morgan fingerprint density at radius 2 is 1.54 bits per heavy atom. The van der Waals surface area contributed by atoms with Crippen molar-refractivity contribution >= 4 is 12.0 Å². The summed E-state index contributed by atoms with van der Waals surface area (Å²) >= 11 is 0. The molecule has 2 amide bonds. The van der Waals surface area contributed by atoms with Gasteiger partial charge in [0.1, 0.15) is 0 Å². The maximum absolute atomic E-state index is 13.4. The minimum Gasteiger partial charge on any atom is -0.492 e. The van der Waals surface area contributed by atoms with Crippen LogP contribution in [0.3, 0.4) is 0 Å². The van der Waals surface area contributed by atoms with E-state index in [1.165, 1.54) is 11.0 Å². The number of rotatable bonds is 4. The first kappa shape index (κ1) is 24.7. The van der Waals surface area contributed by atoms with Crippen LogP contribution < -0.4 is 4.84 Å². The van der Waals surface area contributed by atoms with Gasteiger partial charge in [0.15, 0.2) is 0 Å². The van der Waals surface area contributed by atoms with Crippen LogP contribution in [0, 0.1) is 0 Å². The molecule has 0 unspecified atom stereocenters. The number of halogens is 3. The van der Waals surface area contributed by atoms with Gasteiger partial charge in [0.2, 0.25) is 11.8 Å². The van der Waals surface area contributed by atoms with Gasteiger partial charge in [-0.25, -0.2) is 4.79 Å². The highest BCUT2D eigenvalue weighted by atomic mass is 19.4. The summed E-state index contributed by atoms with van der Waals surface area (Å²) in [6.45, 7) is 2.62. The van der Waals surface area contributed by atoms with Gasteiger partial charge in [-0.3, -0.25) is 9.69 Å². The molecule has 0 spiro atoms. The van der Waals surface area contributed by atoms with Crippen LogP contribution in [0.4, 0.5) is 18.0 Å². The van der Waals surface area contributed by atoms with Gasteiger partial charge in [-0.05, 0) is 23.8 Å². The van der Waals surface area contributed by atoms with Crippen LogP contribution in [-0.2, 0) is 17.5 Å². The Morgan fingerprint density at radius 3 is 2.14 bits per heavy atom. The molecule has 2 aliphatic heterocycles. The Bertz CT molecular complexity index is 1060. The minimum absolute atomic E-state index is 0.0946. The highest BCUT2D eigenvalue weighted by molar-refractivity contribution is 5.96. The van der Waals surface area contributed by atoms with Crippen LogP contribution in [0.15, 0.2) is 30.3 Å². The van der Waals surface area contributed by atoms with E-state index in [-0.39, 0.29) is 36.7 Å². The molecule has 190 valence electrons. The van der Waals surface area contributed by atoms with Gasteiger partial charge >= 0.3 is 12.3 Å². The molecule has 2 N–H and O–H groups in total. The van der Waals surface area contributed by atoms with Crippen molar-refractivity contribution in [3.63, 3.8) is 0 Å². The molecule has 0 radical (unpaired) electrons. The average Bonchev–Trinajstić information content (AvgIpc) is 3.16. The molecule has 1 aromatic heterocycles. The zero-order valence-electron chi connectivity index (χ0n) is 18.7. The first-order chi connectivity index (χ1) is 16.6. The number of benzene rings is 1. The van der Waals surface area contributed by atoms with Crippen LogP contribution in [0.2, 0.25) is 0 Å². The van der Waals surface area contributed by atoms with Crippen molar-refractivity contribution in [2.75, 3.05) is 52.5 Å². The lowest BCUT2D eigenvalue weighted by Crippen LogP contribution is -2.50. The lowest BCUT2D eigenvalue weighted by molar-refractivity contribution is -0.137. The molecule has 10 nitrogen and oxygen atoms in total. The number of nitrogens with zero attached hydrogens (tertiary/aromatic N) is 4. The van der Waals surface area contributed by atoms with E-state index in [1.807, 2.05) is 4.90 Å². The SMILES string of the molecule is O=C(On1c(O)ccc1O)N1CCN(Cc2cc(C(F)(F)F)ccc2C(=O)N2CCOCC2)CC1. The van der Waals surface area contributed by atoms with Gasteiger partial charge in [-0.2, -0.15) is 13.2 Å². The van der Waals surface area contributed by atoms with Crippen molar-refractivity contribution in [3.05, 3.63) is 47.0 Å². The van der Waals surface area contributed by atoms with E-state index in [1.54, 1.807) is 4.90 Å². The fourth-order valence-corrected chi connectivity index (χ4v) is 4.01. The maximum Gasteiger partial charge on any atom is 0.434 e. The van der Waals surface area contributed by atoms with Crippen LogP contribution >= 0.6 is 0 Å². The van der Waals surface area contributed by atoms with Gasteiger partial charge in [0, 0.05) is 63.5 Å². The van der Waals surface area contributed by atoms with E-state index in [2.05, 4.69) is 0 Å². The maximum atomic E-state index is 13.4. The minimum atomic E-state index is -4.55. The Labute approximate surface area is 198 Å². The molecule has 35 heavy (non-hydrogen) atoms. The molecule has 2 aliphatic rings. The standard InChI is InChI=1S/C22H25F3N4O6/c23-22(24,25)16-1-2-17(20(32)27-9-11-34-12-10-27)15(13-16)14-26-5-7-28(8-6-26)21(33)35-29-18(30)3-4-19(29)31/h1-4,13,30-31H,5-12,14H2. The predicted molar refractivity (Wildman–Crippen MR) is 115 cm³/mol. The van der Waals surface area contributed by atoms with Crippen LogP contribution in [0.5, 0.6) is 11.8 Å². The summed E-state index contributed by atoms with van der Waals surface area (Å²) in [6.07, 6.45) is -5.35. The number of aromatic nitrogens is 1. The number of hydrogen-bond acceptors (Lipinski definition) is 7. The number of amides is 2. The van der Waals surface area contributed by atoms with E-state index in [0.717, 1.165) is 24.3 Å². The third kappa shape index (κ3) is 5.62. The number of piperazine rings is 1. The predicted octanol–water partition coefficient (Wildman–Crippen LogP) is 1.76. The first-order valence-corrected chi connectivity index (χ1v) is 11.0. The van der Waals surface area contributed by atoms with E-state index >= 15 is 0 Å². The summed E-state index contributed by atoms with van der Waals surface area (Å²) < 4.78 is 45.9.